The van der Waals surface area contributed by atoms with Crippen LogP contribution < -0.4 is 10.3 Å². The molecule has 1 heterocycles. The summed E-state index contributed by atoms with van der Waals surface area (Å²) in [5.74, 6) is 0.132. The van der Waals surface area contributed by atoms with Gasteiger partial charge in [-0.15, -0.1) is 0 Å². The maximum Gasteiger partial charge on any atom is 0.250 e. The average molecular weight is 426 g/mol. The molecule has 1 saturated carbocycles. The number of nitrogens with zero attached hydrogens (tertiary/aromatic N) is 1. The molecule has 164 valence electrons. The summed E-state index contributed by atoms with van der Waals surface area (Å²) in [5, 5.41) is 0.955. The van der Waals surface area contributed by atoms with E-state index in [2.05, 4.69) is 0 Å². The fourth-order valence-corrected chi connectivity index (χ4v) is 4.50. The van der Waals surface area contributed by atoms with Crippen LogP contribution in [0.25, 0.3) is 10.9 Å². The average Bonchev–Trinajstić information content (AvgIpc) is 2.80. The Bertz CT molecular complexity index is 1130. The molecular formula is C25H28FNO4. The summed E-state index contributed by atoms with van der Waals surface area (Å²) < 4.78 is 33.4. The predicted molar refractivity (Wildman–Crippen MR) is 118 cm³/mol. The third-order valence-electron chi connectivity index (χ3n) is 6.46. The molecule has 6 heteroatoms. The molecule has 0 amide bonds. The third-order valence-corrected chi connectivity index (χ3v) is 6.46. The summed E-state index contributed by atoms with van der Waals surface area (Å²) in [5.41, 5.74) is 2.03. The molecule has 0 radical (unpaired) electrons. The van der Waals surface area contributed by atoms with Crippen molar-refractivity contribution in [1.29, 1.82) is 0 Å². The predicted octanol–water partition coefficient (Wildman–Crippen LogP) is 4.69. The first-order valence-electron chi connectivity index (χ1n) is 10.5. The number of benzene rings is 2. The molecule has 1 aliphatic rings. The highest BCUT2D eigenvalue weighted by molar-refractivity contribution is 5.79. The van der Waals surface area contributed by atoms with Gasteiger partial charge in [-0.1, -0.05) is 6.07 Å². The number of hydrogen-bond acceptors (Lipinski definition) is 4. The number of rotatable bonds is 6. The van der Waals surface area contributed by atoms with Crippen LogP contribution in [-0.4, -0.2) is 24.9 Å². The largest absolute Gasteiger partial charge is 0.489 e. The van der Waals surface area contributed by atoms with Crippen LogP contribution in [-0.2, 0) is 28.7 Å². The van der Waals surface area contributed by atoms with E-state index in [0.29, 0.717) is 12.4 Å². The van der Waals surface area contributed by atoms with Gasteiger partial charge in [-0.3, -0.25) is 4.79 Å². The third kappa shape index (κ3) is 4.36. The molecule has 1 aromatic heterocycles. The minimum atomic E-state index is -0.525. The van der Waals surface area contributed by atoms with Crippen molar-refractivity contribution < 1.29 is 18.6 Å². The van der Waals surface area contributed by atoms with Gasteiger partial charge in [0.1, 0.15) is 18.2 Å². The first-order chi connectivity index (χ1) is 14.9. The Labute approximate surface area is 181 Å². The highest BCUT2D eigenvalue weighted by Gasteiger charge is 2.37. The molecule has 31 heavy (non-hydrogen) atoms. The van der Waals surface area contributed by atoms with Gasteiger partial charge in [-0.2, -0.15) is 0 Å². The first kappa shape index (κ1) is 21.5. The zero-order valence-corrected chi connectivity index (χ0v) is 18.2. The van der Waals surface area contributed by atoms with Crippen LogP contribution in [0, 0.1) is 5.82 Å². The Morgan fingerprint density at radius 1 is 1.06 bits per heavy atom. The molecular weight excluding hydrogens is 397 g/mol. The standard InChI is InChI=1S/C25H28FNO4/c1-27-23-6-4-17(12-18(23)5-7-24(27)28)16-31-22-14-19(13-20(26)15-22)25(30-3)10-8-21(29-2)9-11-25/h4-7,12-15,21H,8-11,16H2,1-3H3/t21-,25-. The second kappa shape index (κ2) is 8.81. The van der Waals surface area contributed by atoms with Crippen molar-refractivity contribution in [3.8, 4) is 5.75 Å². The topological polar surface area (TPSA) is 49.7 Å². The summed E-state index contributed by atoms with van der Waals surface area (Å²) in [6.45, 7) is 0.299. The zero-order valence-electron chi connectivity index (χ0n) is 18.2. The van der Waals surface area contributed by atoms with Crippen LogP contribution in [0.1, 0.15) is 36.8 Å². The number of pyridine rings is 1. The maximum atomic E-state index is 14.5. The maximum absolute atomic E-state index is 14.5. The molecule has 0 spiro atoms. The lowest BCUT2D eigenvalue weighted by molar-refractivity contribution is -0.0764. The Hall–Kier alpha value is -2.70. The molecule has 0 unspecified atom stereocenters. The Morgan fingerprint density at radius 3 is 2.55 bits per heavy atom. The molecule has 0 atom stereocenters. The highest BCUT2D eigenvalue weighted by Crippen LogP contribution is 2.42. The van der Waals surface area contributed by atoms with Crippen LogP contribution in [0.2, 0.25) is 0 Å². The molecule has 0 saturated heterocycles. The Kier molecular flexibility index (Phi) is 6.12. The fraction of sp³-hybridized carbons (Fsp3) is 0.400. The second-order valence-corrected chi connectivity index (χ2v) is 8.22. The van der Waals surface area contributed by atoms with Crippen LogP contribution in [0.4, 0.5) is 4.39 Å². The van der Waals surface area contributed by atoms with Gasteiger partial charge in [0.25, 0.3) is 5.56 Å². The van der Waals surface area contributed by atoms with Gasteiger partial charge in [0.2, 0.25) is 0 Å². The summed E-state index contributed by atoms with van der Waals surface area (Å²) in [6, 6.07) is 14.0. The molecule has 5 nitrogen and oxygen atoms in total. The summed E-state index contributed by atoms with van der Waals surface area (Å²) in [7, 11) is 5.16. The van der Waals surface area contributed by atoms with E-state index in [4.69, 9.17) is 14.2 Å². The number of halogens is 1. The molecule has 3 aromatic rings. The SMILES string of the molecule is CO[C@H]1CC[C@@](OC)(c2cc(F)cc(OCc3ccc4c(ccc(=O)n4C)c3)c2)CC1. The van der Waals surface area contributed by atoms with E-state index in [-0.39, 0.29) is 17.5 Å². The van der Waals surface area contributed by atoms with Gasteiger partial charge in [0.15, 0.2) is 0 Å². The van der Waals surface area contributed by atoms with Crippen LogP contribution in [0.15, 0.2) is 53.3 Å². The summed E-state index contributed by atoms with van der Waals surface area (Å²) >= 11 is 0. The Morgan fingerprint density at radius 2 is 1.84 bits per heavy atom. The van der Waals surface area contributed by atoms with Gasteiger partial charge in [0.05, 0.1) is 17.2 Å². The van der Waals surface area contributed by atoms with E-state index < -0.39 is 5.60 Å². The van der Waals surface area contributed by atoms with Crippen LogP contribution >= 0.6 is 0 Å². The quantitative estimate of drug-likeness (QED) is 0.575. The lowest BCUT2D eigenvalue weighted by Gasteiger charge is -2.39. The number of ether oxygens (including phenoxy) is 3. The highest BCUT2D eigenvalue weighted by atomic mass is 19.1. The van der Waals surface area contributed by atoms with E-state index in [9.17, 15) is 9.18 Å². The van der Waals surface area contributed by atoms with Gasteiger partial charge in [0, 0.05) is 33.4 Å². The molecule has 1 aliphatic carbocycles. The number of fused-ring (bicyclic) bond motifs is 1. The smallest absolute Gasteiger partial charge is 0.250 e. The fourth-order valence-electron chi connectivity index (χ4n) is 4.50. The van der Waals surface area contributed by atoms with Gasteiger partial charge < -0.3 is 18.8 Å². The minimum absolute atomic E-state index is 0.0459. The lowest BCUT2D eigenvalue weighted by atomic mass is 9.78. The molecule has 2 aromatic carbocycles. The van der Waals surface area contributed by atoms with Gasteiger partial charge >= 0.3 is 0 Å². The van der Waals surface area contributed by atoms with Crippen molar-refractivity contribution >= 4 is 10.9 Å². The van der Waals surface area contributed by atoms with E-state index in [1.165, 1.54) is 6.07 Å². The van der Waals surface area contributed by atoms with Crippen molar-refractivity contribution in [2.45, 2.75) is 44.0 Å². The van der Waals surface area contributed by atoms with Crippen molar-refractivity contribution in [1.82, 2.24) is 4.57 Å². The molecule has 0 bridgehead atoms. The van der Waals surface area contributed by atoms with E-state index in [0.717, 1.165) is 47.7 Å². The zero-order chi connectivity index (χ0) is 22.0. The molecule has 0 aliphatic heterocycles. The minimum Gasteiger partial charge on any atom is -0.489 e. The number of aryl methyl sites for hydroxylation is 1. The Balaban J connectivity index is 1.54. The van der Waals surface area contributed by atoms with Crippen molar-refractivity contribution in [3.05, 3.63) is 75.8 Å². The lowest BCUT2D eigenvalue weighted by Crippen LogP contribution is -2.36. The van der Waals surface area contributed by atoms with Crippen LogP contribution in [0.3, 0.4) is 0 Å². The molecule has 1 fully saturated rings. The first-order valence-corrected chi connectivity index (χ1v) is 10.5. The van der Waals surface area contributed by atoms with E-state index in [1.54, 1.807) is 44.0 Å². The van der Waals surface area contributed by atoms with Gasteiger partial charge in [-0.25, -0.2) is 4.39 Å². The van der Waals surface area contributed by atoms with Gasteiger partial charge in [-0.05, 0) is 72.5 Å². The number of methoxy groups -OCH3 is 2. The summed E-state index contributed by atoms with van der Waals surface area (Å²) in [6.07, 6.45) is 3.51. The van der Waals surface area contributed by atoms with Crippen molar-refractivity contribution in [3.63, 3.8) is 0 Å². The van der Waals surface area contributed by atoms with E-state index in [1.807, 2.05) is 24.3 Å². The number of aromatic nitrogens is 1. The monoisotopic (exact) mass is 425 g/mol. The molecule has 4 rings (SSSR count). The summed E-state index contributed by atoms with van der Waals surface area (Å²) in [4.78, 5) is 11.8. The second-order valence-electron chi connectivity index (χ2n) is 8.22. The molecule has 0 N–H and O–H groups in total. The van der Waals surface area contributed by atoms with Crippen LogP contribution in [0.5, 0.6) is 5.75 Å². The van der Waals surface area contributed by atoms with E-state index >= 15 is 0 Å². The number of hydrogen-bond donors (Lipinski definition) is 0. The normalized spacial score (nSPS) is 21.4. The van der Waals surface area contributed by atoms with Crippen molar-refractivity contribution in [2.24, 2.45) is 7.05 Å². The van der Waals surface area contributed by atoms with Crippen molar-refractivity contribution in [2.75, 3.05) is 14.2 Å².